The van der Waals surface area contributed by atoms with Gasteiger partial charge in [-0.15, -0.1) is 0 Å². The fourth-order valence-electron chi connectivity index (χ4n) is 3.84. The van der Waals surface area contributed by atoms with E-state index in [4.69, 9.17) is 18.9 Å². The fraction of sp³-hybridized carbons (Fsp3) is 0.714. The third-order valence-electron chi connectivity index (χ3n) is 7.64. The highest BCUT2D eigenvalue weighted by Crippen LogP contribution is 2.14. The Bertz CT molecular complexity index is 995. The summed E-state index contributed by atoms with van der Waals surface area (Å²) in [4.78, 5) is 107. The summed E-state index contributed by atoms with van der Waals surface area (Å²) in [7, 11) is 5.09. The van der Waals surface area contributed by atoms with Crippen LogP contribution in [0.2, 0.25) is 0 Å². The van der Waals surface area contributed by atoms with Crippen LogP contribution in [0, 0.1) is 0 Å². The van der Waals surface area contributed by atoms with Crippen molar-refractivity contribution in [3.05, 3.63) is 0 Å². The second-order valence-electron chi connectivity index (χ2n) is 10.8. The van der Waals surface area contributed by atoms with E-state index >= 15 is 0 Å². The number of amides is 4. The van der Waals surface area contributed by atoms with E-state index in [1.54, 1.807) is 0 Å². The highest BCUT2D eigenvalue weighted by atomic mass is 128. The molecule has 0 radical (unpaired) electrons. The summed E-state index contributed by atoms with van der Waals surface area (Å²) in [5.74, 6) is -6.86. The SMILES string of the molecule is CC1OC(=O)C(C)N(C)C(=O)C(C)OC(=O)C(C)N(C)C(=O)C(C)OC(=O)C(C)N(C)C(=O)C(C)OC(=O)C(C)N(C)C1=O.II. The molecule has 1 aliphatic rings. The van der Waals surface area contributed by atoms with Crippen LogP contribution in [0.3, 0.4) is 0 Å². The summed E-state index contributed by atoms with van der Waals surface area (Å²) >= 11 is 4.24. The van der Waals surface area contributed by atoms with Gasteiger partial charge in [-0.2, -0.15) is 0 Å². The average molecular weight is 882 g/mol. The van der Waals surface area contributed by atoms with E-state index in [0.717, 1.165) is 19.6 Å². The highest BCUT2D eigenvalue weighted by Gasteiger charge is 2.37. The third-order valence-corrected chi connectivity index (χ3v) is 7.64. The first kappa shape index (κ1) is 43.2. The molecule has 0 aromatic rings. The lowest BCUT2D eigenvalue weighted by atomic mass is 10.2. The number of nitrogens with zero attached hydrogens (tertiary/aromatic N) is 4. The standard InChI is InChI=1S/C28H44N4O12.I2/c1-13-25(37)41-18(6)22(34)30(10)15(3)27(39)43-20(8)24(36)32(12)16(4)28(40)44-19(7)23(35)31(11)14(2)26(38)42-17(5)21(33)29(13)9;1-2/h13-20H,1-12H3;. The van der Waals surface area contributed by atoms with Crippen LogP contribution in [-0.4, -0.2) is 144 Å². The minimum Gasteiger partial charge on any atom is -0.451 e. The zero-order valence-electron chi connectivity index (χ0n) is 28.1. The van der Waals surface area contributed by atoms with Gasteiger partial charge in [0.15, 0.2) is 24.4 Å². The van der Waals surface area contributed by atoms with Crippen LogP contribution < -0.4 is 0 Å². The number of carbonyl (C=O) groups excluding carboxylic acids is 8. The molecule has 1 aliphatic heterocycles. The molecule has 1 rings (SSSR count). The number of ether oxygens (including phenoxy) is 4. The van der Waals surface area contributed by atoms with Gasteiger partial charge < -0.3 is 38.5 Å². The van der Waals surface area contributed by atoms with E-state index in [9.17, 15) is 38.4 Å². The van der Waals surface area contributed by atoms with Crippen LogP contribution in [0.5, 0.6) is 0 Å². The molecule has 0 bridgehead atoms. The molecule has 0 aliphatic carbocycles. The predicted octanol–water partition coefficient (Wildman–Crippen LogP) is 0.886. The molecular formula is C28H44I2N4O12. The Hall–Kier alpha value is -2.78. The molecule has 1 heterocycles. The van der Waals surface area contributed by atoms with E-state index in [1.807, 2.05) is 0 Å². The number of carbonyl (C=O) groups is 8. The minimum absolute atomic E-state index is 0.769. The first-order valence-electron chi connectivity index (χ1n) is 14.2. The predicted molar refractivity (Wildman–Crippen MR) is 179 cm³/mol. The van der Waals surface area contributed by atoms with Crippen LogP contribution >= 0.6 is 37.2 Å². The maximum Gasteiger partial charge on any atom is 0.329 e. The van der Waals surface area contributed by atoms with Crippen LogP contribution in [0.1, 0.15) is 55.4 Å². The molecule has 46 heavy (non-hydrogen) atoms. The number of hydrogen-bond acceptors (Lipinski definition) is 12. The van der Waals surface area contributed by atoms with Gasteiger partial charge in [0.2, 0.25) is 0 Å². The van der Waals surface area contributed by atoms with Crippen molar-refractivity contribution in [2.75, 3.05) is 28.2 Å². The minimum atomic E-state index is -1.37. The van der Waals surface area contributed by atoms with E-state index in [2.05, 4.69) is 37.2 Å². The molecule has 8 atom stereocenters. The molecule has 16 nitrogen and oxygen atoms in total. The molecule has 1 fully saturated rings. The lowest BCUT2D eigenvalue weighted by Gasteiger charge is -2.31. The Balaban J connectivity index is 0.00000991. The van der Waals surface area contributed by atoms with Gasteiger partial charge in [0.25, 0.3) is 23.6 Å². The molecule has 18 heteroatoms. The van der Waals surface area contributed by atoms with E-state index in [0.29, 0.717) is 0 Å². The van der Waals surface area contributed by atoms with Gasteiger partial charge in [-0.3, -0.25) is 19.2 Å². The van der Waals surface area contributed by atoms with E-state index < -0.39 is 96.1 Å². The summed E-state index contributed by atoms with van der Waals surface area (Å²) in [6.45, 7) is 10.5. The van der Waals surface area contributed by atoms with Crippen molar-refractivity contribution in [1.82, 2.24) is 19.6 Å². The number of hydrogen-bond donors (Lipinski definition) is 0. The summed E-state index contributed by atoms with van der Waals surface area (Å²) < 4.78 is 20.9. The molecule has 262 valence electrons. The van der Waals surface area contributed by atoms with Gasteiger partial charge in [0.1, 0.15) is 24.2 Å². The topological polar surface area (TPSA) is 186 Å². The van der Waals surface area contributed by atoms with Crippen molar-refractivity contribution in [3.63, 3.8) is 0 Å². The quantitative estimate of drug-likeness (QED) is 0.190. The van der Waals surface area contributed by atoms with Crippen molar-refractivity contribution in [2.45, 2.75) is 104 Å². The molecule has 0 spiro atoms. The maximum atomic E-state index is 12.9. The molecule has 0 saturated carbocycles. The summed E-state index contributed by atoms with van der Waals surface area (Å²) in [6, 6.07) is -4.83. The molecule has 0 N–H and O–H groups in total. The van der Waals surface area contributed by atoms with Crippen LogP contribution in [0.15, 0.2) is 0 Å². The number of halogens is 2. The van der Waals surface area contributed by atoms with Gasteiger partial charge in [-0.05, 0) is 55.4 Å². The molecule has 0 aromatic heterocycles. The van der Waals surface area contributed by atoms with Gasteiger partial charge in [0, 0.05) is 65.4 Å². The Morgan fingerprint density at radius 2 is 0.500 bits per heavy atom. The zero-order valence-corrected chi connectivity index (χ0v) is 32.4. The second-order valence-corrected chi connectivity index (χ2v) is 10.8. The lowest BCUT2D eigenvalue weighted by Crippen LogP contribution is -2.52. The van der Waals surface area contributed by atoms with Crippen LogP contribution in [0.25, 0.3) is 0 Å². The second kappa shape index (κ2) is 19.1. The number of esters is 4. The summed E-state index contributed by atoms with van der Waals surface area (Å²) in [6.07, 6.45) is -5.49. The molecule has 1 saturated heterocycles. The van der Waals surface area contributed by atoms with Crippen molar-refractivity contribution in [3.8, 4) is 0 Å². The largest absolute Gasteiger partial charge is 0.451 e. The first-order chi connectivity index (χ1) is 21.1. The number of cyclic esters (lactones) is 4. The smallest absolute Gasteiger partial charge is 0.329 e. The van der Waals surface area contributed by atoms with Gasteiger partial charge >= 0.3 is 23.9 Å². The zero-order chi connectivity index (χ0) is 36.4. The van der Waals surface area contributed by atoms with Gasteiger partial charge in [-0.25, -0.2) is 19.2 Å². The monoisotopic (exact) mass is 882 g/mol. The Morgan fingerprint density at radius 1 is 0.370 bits per heavy atom. The highest BCUT2D eigenvalue weighted by molar-refractivity contribution is 15.0. The average Bonchev–Trinajstić information content (AvgIpc) is 3.03. The van der Waals surface area contributed by atoms with Crippen LogP contribution in [-0.2, 0) is 57.3 Å². The van der Waals surface area contributed by atoms with Crippen molar-refractivity contribution < 1.29 is 57.3 Å². The van der Waals surface area contributed by atoms with Crippen molar-refractivity contribution in [1.29, 1.82) is 0 Å². The first-order valence-corrected chi connectivity index (χ1v) is 20.5. The summed E-state index contributed by atoms with van der Waals surface area (Å²) in [5, 5.41) is 0. The van der Waals surface area contributed by atoms with E-state index in [1.165, 1.54) is 83.6 Å². The third kappa shape index (κ3) is 11.2. The lowest BCUT2D eigenvalue weighted by molar-refractivity contribution is -0.174. The van der Waals surface area contributed by atoms with Crippen LogP contribution in [0.4, 0.5) is 0 Å². The Labute approximate surface area is 292 Å². The summed E-state index contributed by atoms with van der Waals surface area (Å²) in [5.41, 5.74) is 0. The molecule has 8 unspecified atom stereocenters. The molecule has 4 amide bonds. The number of rotatable bonds is 0. The van der Waals surface area contributed by atoms with Gasteiger partial charge in [0.05, 0.1) is 0 Å². The normalized spacial score (nSPS) is 30.8. The Kier molecular flexibility index (Phi) is 18.0. The van der Waals surface area contributed by atoms with E-state index in [-0.39, 0.29) is 0 Å². The molecule has 0 aromatic carbocycles. The Morgan fingerprint density at radius 3 is 0.630 bits per heavy atom. The molecular weight excluding hydrogens is 838 g/mol. The fourth-order valence-corrected chi connectivity index (χ4v) is 3.84. The number of likely N-dealkylation sites (N-methyl/N-ethyl adjacent to an activating group) is 4. The van der Waals surface area contributed by atoms with Crippen molar-refractivity contribution >= 4 is 84.7 Å². The van der Waals surface area contributed by atoms with Gasteiger partial charge in [-0.1, -0.05) is 0 Å². The maximum absolute atomic E-state index is 12.9. The van der Waals surface area contributed by atoms with Crippen molar-refractivity contribution in [2.24, 2.45) is 0 Å².